The maximum atomic E-state index is 11.4. The maximum absolute atomic E-state index is 11.4. The van der Waals surface area contributed by atoms with Crippen molar-refractivity contribution in [3.05, 3.63) is 10.6 Å². The molecule has 1 aliphatic rings. The minimum atomic E-state index is -2.94. The van der Waals surface area contributed by atoms with Crippen LogP contribution in [0.3, 0.4) is 0 Å². The Bertz CT molecular complexity index is 578. The molecule has 106 valence electrons. The fourth-order valence-corrected chi connectivity index (χ4v) is 4.22. The number of carbonyl (C=O) groups is 1. The summed E-state index contributed by atoms with van der Waals surface area (Å²) in [6.45, 7) is 4.55. The van der Waals surface area contributed by atoms with Gasteiger partial charge < -0.3 is 10.0 Å². The van der Waals surface area contributed by atoms with Gasteiger partial charge in [-0.25, -0.2) is 18.2 Å². The number of hydrogen-bond acceptors (Lipinski definition) is 6. The molecular weight excluding hydrogens is 288 g/mol. The first kappa shape index (κ1) is 14.3. The average molecular weight is 304 g/mol. The fourth-order valence-electron chi connectivity index (χ4n) is 1.90. The Labute approximate surface area is 116 Å². The van der Waals surface area contributed by atoms with Gasteiger partial charge in [-0.2, -0.15) is 0 Å². The molecule has 0 unspecified atom stereocenters. The minimum Gasteiger partial charge on any atom is -0.477 e. The van der Waals surface area contributed by atoms with Crippen LogP contribution >= 0.6 is 11.3 Å². The second kappa shape index (κ2) is 5.09. The lowest BCUT2D eigenvalue weighted by molar-refractivity contribution is 0.0700. The van der Waals surface area contributed by atoms with Gasteiger partial charge >= 0.3 is 5.97 Å². The summed E-state index contributed by atoms with van der Waals surface area (Å²) in [6, 6.07) is 0. The Kier molecular flexibility index (Phi) is 3.82. The molecule has 0 spiro atoms. The van der Waals surface area contributed by atoms with E-state index >= 15 is 0 Å². The van der Waals surface area contributed by atoms with E-state index in [1.165, 1.54) is 0 Å². The van der Waals surface area contributed by atoms with Crippen LogP contribution in [0.2, 0.25) is 0 Å². The second-order valence-corrected chi connectivity index (χ2v) is 8.09. The predicted octanol–water partition coefficient (Wildman–Crippen LogP) is 1.20. The monoisotopic (exact) mass is 304 g/mol. The first-order valence-corrected chi connectivity index (χ1v) is 8.63. The van der Waals surface area contributed by atoms with E-state index in [4.69, 9.17) is 5.11 Å². The van der Waals surface area contributed by atoms with Crippen LogP contribution in [0.15, 0.2) is 0 Å². The number of thiazole rings is 1. The number of hydrogen-bond donors (Lipinski definition) is 1. The molecule has 0 aromatic carbocycles. The van der Waals surface area contributed by atoms with Crippen LogP contribution in [-0.4, -0.2) is 49.1 Å². The fraction of sp³-hybridized carbons (Fsp3) is 0.636. The lowest BCUT2D eigenvalue weighted by Gasteiger charge is -2.25. The van der Waals surface area contributed by atoms with Crippen molar-refractivity contribution in [1.29, 1.82) is 0 Å². The summed E-state index contributed by atoms with van der Waals surface area (Å²) in [5.74, 6) is -0.737. The standard InChI is InChI=1S/C11H16N2O4S2/c1-7(2)8-9(10(14)15)18-11(12-8)13-3-5-19(16,17)6-4-13/h7H,3-6H2,1-2H3,(H,14,15). The van der Waals surface area contributed by atoms with E-state index in [0.29, 0.717) is 23.9 Å². The molecule has 2 rings (SSSR count). The number of carboxylic acid groups (broad SMARTS) is 1. The van der Waals surface area contributed by atoms with Crippen molar-refractivity contribution in [1.82, 2.24) is 4.98 Å². The number of sulfone groups is 1. The zero-order valence-corrected chi connectivity index (χ0v) is 12.4. The molecule has 1 aromatic rings. The number of anilines is 1. The van der Waals surface area contributed by atoms with Gasteiger partial charge in [0.2, 0.25) is 0 Å². The number of nitrogens with zero attached hydrogens (tertiary/aromatic N) is 2. The second-order valence-electron chi connectivity index (χ2n) is 4.81. The summed E-state index contributed by atoms with van der Waals surface area (Å²) in [5.41, 5.74) is 0.570. The van der Waals surface area contributed by atoms with Gasteiger partial charge in [-0.15, -0.1) is 0 Å². The van der Waals surface area contributed by atoms with Gasteiger partial charge in [0.15, 0.2) is 15.0 Å². The lowest BCUT2D eigenvalue weighted by Crippen LogP contribution is -2.40. The third-order valence-corrected chi connectivity index (χ3v) is 5.73. The van der Waals surface area contributed by atoms with E-state index in [1.54, 1.807) is 0 Å². The smallest absolute Gasteiger partial charge is 0.347 e. The van der Waals surface area contributed by atoms with Gasteiger partial charge in [-0.1, -0.05) is 25.2 Å². The lowest BCUT2D eigenvalue weighted by atomic mass is 10.1. The van der Waals surface area contributed by atoms with Gasteiger partial charge in [0, 0.05) is 13.1 Å². The van der Waals surface area contributed by atoms with Crippen LogP contribution in [0.25, 0.3) is 0 Å². The molecular formula is C11H16N2O4S2. The number of aromatic nitrogens is 1. The molecule has 2 heterocycles. The molecule has 1 saturated heterocycles. The molecule has 1 fully saturated rings. The van der Waals surface area contributed by atoms with E-state index in [2.05, 4.69) is 4.98 Å². The van der Waals surface area contributed by atoms with E-state index in [9.17, 15) is 13.2 Å². The molecule has 6 nitrogen and oxygen atoms in total. The normalized spacial score (nSPS) is 18.8. The van der Waals surface area contributed by atoms with Crippen LogP contribution in [0.4, 0.5) is 5.13 Å². The van der Waals surface area contributed by atoms with E-state index in [1.807, 2.05) is 18.7 Å². The third kappa shape index (κ3) is 3.06. The average Bonchev–Trinajstić information content (AvgIpc) is 2.74. The SMILES string of the molecule is CC(C)c1nc(N2CCS(=O)(=O)CC2)sc1C(=O)O. The summed E-state index contributed by atoms with van der Waals surface area (Å²) >= 11 is 1.12. The summed E-state index contributed by atoms with van der Waals surface area (Å²) in [5, 5.41) is 9.77. The molecule has 1 aliphatic heterocycles. The Morgan fingerprint density at radius 3 is 2.37 bits per heavy atom. The van der Waals surface area contributed by atoms with E-state index in [0.717, 1.165) is 11.3 Å². The third-order valence-electron chi connectivity index (χ3n) is 3.00. The minimum absolute atomic E-state index is 0.0321. The zero-order valence-electron chi connectivity index (χ0n) is 10.8. The van der Waals surface area contributed by atoms with Gasteiger partial charge in [0.25, 0.3) is 0 Å². The predicted molar refractivity (Wildman–Crippen MR) is 74.0 cm³/mol. The Balaban J connectivity index is 2.27. The molecule has 1 aromatic heterocycles. The molecule has 0 bridgehead atoms. The van der Waals surface area contributed by atoms with Crippen LogP contribution in [-0.2, 0) is 9.84 Å². The van der Waals surface area contributed by atoms with Gasteiger partial charge in [0.1, 0.15) is 4.88 Å². The maximum Gasteiger partial charge on any atom is 0.347 e. The van der Waals surface area contributed by atoms with Gasteiger partial charge in [0.05, 0.1) is 17.2 Å². The molecule has 0 atom stereocenters. The van der Waals surface area contributed by atoms with Crippen molar-refractivity contribution in [3.8, 4) is 0 Å². The highest BCUT2D eigenvalue weighted by atomic mass is 32.2. The van der Waals surface area contributed by atoms with Crippen molar-refractivity contribution < 1.29 is 18.3 Å². The molecule has 19 heavy (non-hydrogen) atoms. The zero-order chi connectivity index (χ0) is 14.2. The number of aromatic carboxylic acids is 1. The van der Waals surface area contributed by atoms with E-state index in [-0.39, 0.29) is 22.3 Å². The van der Waals surface area contributed by atoms with Crippen molar-refractivity contribution in [2.24, 2.45) is 0 Å². The van der Waals surface area contributed by atoms with Gasteiger partial charge in [-0.05, 0) is 5.92 Å². The highest BCUT2D eigenvalue weighted by Crippen LogP contribution is 2.31. The quantitative estimate of drug-likeness (QED) is 0.903. The van der Waals surface area contributed by atoms with Crippen LogP contribution in [0.5, 0.6) is 0 Å². The summed E-state index contributed by atoms with van der Waals surface area (Å²) in [7, 11) is -2.94. The molecule has 0 saturated carbocycles. The molecule has 0 aliphatic carbocycles. The van der Waals surface area contributed by atoms with E-state index < -0.39 is 15.8 Å². The highest BCUT2D eigenvalue weighted by Gasteiger charge is 2.27. The van der Waals surface area contributed by atoms with Crippen molar-refractivity contribution in [3.63, 3.8) is 0 Å². The van der Waals surface area contributed by atoms with Gasteiger partial charge in [-0.3, -0.25) is 0 Å². The van der Waals surface area contributed by atoms with Crippen LogP contribution in [0, 0.1) is 0 Å². The summed E-state index contributed by atoms with van der Waals surface area (Å²) in [6.07, 6.45) is 0. The molecule has 0 amide bonds. The van der Waals surface area contributed by atoms with Crippen molar-refractivity contribution in [2.75, 3.05) is 29.5 Å². The summed E-state index contributed by atoms with van der Waals surface area (Å²) < 4.78 is 22.8. The Morgan fingerprint density at radius 1 is 1.37 bits per heavy atom. The molecule has 0 radical (unpaired) electrons. The highest BCUT2D eigenvalue weighted by molar-refractivity contribution is 7.91. The Hall–Kier alpha value is -1.15. The van der Waals surface area contributed by atoms with Crippen molar-refractivity contribution in [2.45, 2.75) is 19.8 Å². The molecule has 1 N–H and O–H groups in total. The summed E-state index contributed by atoms with van der Waals surface area (Å²) in [4.78, 5) is 17.7. The number of carboxylic acids is 1. The van der Waals surface area contributed by atoms with Crippen LogP contribution < -0.4 is 4.90 Å². The molecule has 8 heteroatoms. The largest absolute Gasteiger partial charge is 0.477 e. The van der Waals surface area contributed by atoms with Crippen LogP contribution in [0.1, 0.15) is 35.1 Å². The first-order valence-electron chi connectivity index (χ1n) is 5.99. The first-order chi connectivity index (χ1) is 8.80. The Morgan fingerprint density at radius 2 is 1.95 bits per heavy atom. The topological polar surface area (TPSA) is 87.6 Å². The number of rotatable bonds is 3. The van der Waals surface area contributed by atoms with Crippen molar-refractivity contribution >= 4 is 32.3 Å².